The van der Waals surface area contributed by atoms with Crippen LogP contribution in [0, 0.1) is 0 Å². The first-order valence-electron chi connectivity index (χ1n) is 10.0. The number of carbonyl (C=O) groups excluding carboxylic acids is 3. The largest absolute Gasteiger partial charge is 0.452 e. The number of aryl methyl sites for hydroxylation is 2. The van der Waals surface area contributed by atoms with Crippen LogP contribution < -0.4 is 10.6 Å². The number of carbonyl (C=O) groups is 3. The summed E-state index contributed by atoms with van der Waals surface area (Å²) in [5.41, 5.74) is 3.95. The summed E-state index contributed by atoms with van der Waals surface area (Å²) in [5.74, 6) is -1.21. The van der Waals surface area contributed by atoms with Crippen molar-refractivity contribution in [3.05, 3.63) is 35.0 Å². The fourth-order valence-corrected chi connectivity index (χ4v) is 4.20. The second kappa shape index (κ2) is 8.04. The molecule has 7 heteroatoms. The number of benzene rings is 1. The molecule has 3 N–H and O–H groups in total. The van der Waals surface area contributed by atoms with E-state index < -0.39 is 24.5 Å². The summed E-state index contributed by atoms with van der Waals surface area (Å²) < 4.78 is 5.09. The molecular formula is C21H25N3O4. The molecule has 0 saturated heterocycles. The number of rotatable bonds is 4. The molecule has 0 atom stereocenters. The number of fused-ring (bicyclic) bond motifs is 3. The number of amides is 3. The van der Waals surface area contributed by atoms with Crippen LogP contribution in [-0.4, -0.2) is 35.5 Å². The van der Waals surface area contributed by atoms with E-state index in [1.54, 1.807) is 6.07 Å². The first-order valence-corrected chi connectivity index (χ1v) is 10.0. The van der Waals surface area contributed by atoms with E-state index >= 15 is 0 Å². The highest BCUT2D eigenvalue weighted by Gasteiger charge is 2.20. The molecule has 1 saturated carbocycles. The Kier molecular flexibility index (Phi) is 5.32. The molecule has 4 rings (SSSR count). The van der Waals surface area contributed by atoms with E-state index in [1.165, 1.54) is 17.7 Å². The lowest BCUT2D eigenvalue weighted by Crippen LogP contribution is -2.44. The second-order valence-corrected chi connectivity index (χ2v) is 7.63. The van der Waals surface area contributed by atoms with Gasteiger partial charge in [0.05, 0.1) is 5.56 Å². The summed E-state index contributed by atoms with van der Waals surface area (Å²) in [4.78, 5) is 39.4. The van der Waals surface area contributed by atoms with E-state index in [-0.39, 0.29) is 6.04 Å². The van der Waals surface area contributed by atoms with Gasteiger partial charge in [0.2, 0.25) is 0 Å². The zero-order valence-electron chi connectivity index (χ0n) is 15.8. The average molecular weight is 383 g/mol. The number of urea groups is 1. The zero-order chi connectivity index (χ0) is 19.5. The third-order valence-corrected chi connectivity index (χ3v) is 5.61. The van der Waals surface area contributed by atoms with E-state index in [9.17, 15) is 14.4 Å². The minimum absolute atomic E-state index is 0.120. The molecule has 1 aromatic heterocycles. The molecule has 0 radical (unpaired) electrons. The quantitative estimate of drug-likeness (QED) is 0.707. The maximum absolute atomic E-state index is 12.3. The van der Waals surface area contributed by atoms with Crippen LogP contribution in [0.5, 0.6) is 0 Å². The number of esters is 1. The van der Waals surface area contributed by atoms with Crippen molar-refractivity contribution >= 4 is 28.8 Å². The fourth-order valence-electron chi connectivity index (χ4n) is 4.20. The van der Waals surface area contributed by atoms with Crippen LogP contribution in [-0.2, 0) is 22.4 Å². The minimum Gasteiger partial charge on any atom is -0.452 e. The van der Waals surface area contributed by atoms with Gasteiger partial charge in [-0.05, 0) is 62.3 Å². The Bertz CT molecular complexity index is 912. The van der Waals surface area contributed by atoms with Crippen LogP contribution in [0.1, 0.15) is 60.1 Å². The maximum Gasteiger partial charge on any atom is 0.338 e. The molecule has 3 amide bonds. The third kappa shape index (κ3) is 4.03. The van der Waals surface area contributed by atoms with Crippen LogP contribution >= 0.6 is 0 Å². The Hall–Kier alpha value is -2.83. The topological polar surface area (TPSA) is 100 Å². The summed E-state index contributed by atoms with van der Waals surface area (Å²) in [6.45, 7) is -0.486. The first kappa shape index (κ1) is 18.5. The summed E-state index contributed by atoms with van der Waals surface area (Å²) in [7, 11) is 0. The summed E-state index contributed by atoms with van der Waals surface area (Å²) in [5, 5.41) is 6.02. The molecule has 1 aromatic carbocycles. The van der Waals surface area contributed by atoms with Gasteiger partial charge in [0.25, 0.3) is 5.91 Å². The molecule has 0 aliphatic heterocycles. The molecule has 2 aliphatic carbocycles. The van der Waals surface area contributed by atoms with Crippen LogP contribution in [0.3, 0.4) is 0 Å². The highest BCUT2D eigenvalue weighted by atomic mass is 16.5. The Morgan fingerprint density at radius 1 is 1.07 bits per heavy atom. The van der Waals surface area contributed by atoms with Crippen LogP contribution in [0.25, 0.3) is 10.9 Å². The number of hydrogen-bond donors (Lipinski definition) is 3. The van der Waals surface area contributed by atoms with Gasteiger partial charge in [0, 0.05) is 22.6 Å². The average Bonchev–Trinajstić information content (AvgIpc) is 3.32. The van der Waals surface area contributed by atoms with Crippen molar-refractivity contribution in [1.29, 1.82) is 0 Å². The number of H-pyrrole nitrogens is 1. The van der Waals surface area contributed by atoms with E-state index in [0.717, 1.165) is 55.8 Å². The lowest BCUT2D eigenvalue weighted by Gasteiger charge is -2.12. The Labute approximate surface area is 163 Å². The van der Waals surface area contributed by atoms with Gasteiger partial charge in [-0.25, -0.2) is 9.59 Å². The van der Waals surface area contributed by atoms with Crippen LogP contribution in [0.4, 0.5) is 4.79 Å². The fraction of sp³-hybridized carbons (Fsp3) is 0.476. The number of imide groups is 1. The lowest BCUT2D eigenvalue weighted by molar-refractivity contribution is -0.123. The summed E-state index contributed by atoms with van der Waals surface area (Å²) in [6.07, 6.45) is 8.41. The smallest absolute Gasteiger partial charge is 0.338 e. The highest BCUT2D eigenvalue weighted by molar-refractivity contribution is 5.99. The van der Waals surface area contributed by atoms with Crippen molar-refractivity contribution in [2.75, 3.05) is 6.61 Å². The number of nitrogens with one attached hydrogen (secondary N) is 3. The van der Waals surface area contributed by atoms with E-state index in [1.807, 2.05) is 12.1 Å². The molecule has 148 valence electrons. The first-order chi connectivity index (χ1) is 13.6. The van der Waals surface area contributed by atoms with Gasteiger partial charge >= 0.3 is 12.0 Å². The van der Waals surface area contributed by atoms with Gasteiger partial charge < -0.3 is 15.0 Å². The van der Waals surface area contributed by atoms with E-state index in [4.69, 9.17) is 4.74 Å². The van der Waals surface area contributed by atoms with Crippen molar-refractivity contribution in [2.24, 2.45) is 0 Å². The van der Waals surface area contributed by atoms with Crippen LogP contribution in [0.15, 0.2) is 18.2 Å². The predicted molar refractivity (Wildman–Crippen MR) is 104 cm³/mol. The van der Waals surface area contributed by atoms with Gasteiger partial charge in [-0.1, -0.05) is 12.8 Å². The van der Waals surface area contributed by atoms with Gasteiger partial charge in [-0.3, -0.25) is 10.1 Å². The Morgan fingerprint density at radius 2 is 1.86 bits per heavy atom. The maximum atomic E-state index is 12.3. The highest BCUT2D eigenvalue weighted by Crippen LogP contribution is 2.29. The van der Waals surface area contributed by atoms with Crippen molar-refractivity contribution in [2.45, 2.75) is 57.4 Å². The molecule has 1 heterocycles. The molecule has 0 spiro atoms. The molecule has 7 nitrogen and oxygen atoms in total. The molecule has 0 unspecified atom stereocenters. The van der Waals surface area contributed by atoms with Gasteiger partial charge in [0.15, 0.2) is 6.61 Å². The number of hydrogen-bond acceptors (Lipinski definition) is 4. The molecule has 2 aromatic rings. The van der Waals surface area contributed by atoms with Crippen LogP contribution in [0.2, 0.25) is 0 Å². The SMILES string of the molecule is O=C(COC(=O)c1ccc2[nH]c3c(c2c1)CCCC3)NC(=O)NC1CCCC1. The summed E-state index contributed by atoms with van der Waals surface area (Å²) in [6, 6.07) is 4.97. The molecular weight excluding hydrogens is 358 g/mol. The van der Waals surface area contributed by atoms with E-state index in [2.05, 4.69) is 15.6 Å². The predicted octanol–water partition coefficient (Wildman–Crippen LogP) is 2.97. The second-order valence-electron chi connectivity index (χ2n) is 7.63. The molecule has 28 heavy (non-hydrogen) atoms. The lowest BCUT2D eigenvalue weighted by atomic mass is 9.95. The van der Waals surface area contributed by atoms with Crippen molar-refractivity contribution < 1.29 is 19.1 Å². The number of aromatic nitrogens is 1. The van der Waals surface area contributed by atoms with Gasteiger partial charge in [-0.15, -0.1) is 0 Å². The van der Waals surface area contributed by atoms with E-state index in [0.29, 0.717) is 5.56 Å². The monoisotopic (exact) mass is 383 g/mol. The minimum atomic E-state index is -0.635. The van der Waals surface area contributed by atoms with Gasteiger partial charge in [-0.2, -0.15) is 0 Å². The zero-order valence-corrected chi connectivity index (χ0v) is 15.8. The normalized spacial score (nSPS) is 16.6. The molecule has 0 bridgehead atoms. The Morgan fingerprint density at radius 3 is 2.68 bits per heavy atom. The van der Waals surface area contributed by atoms with Crippen molar-refractivity contribution in [3.8, 4) is 0 Å². The number of ether oxygens (including phenoxy) is 1. The molecule has 2 aliphatic rings. The third-order valence-electron chi connectivity index (χ3n) is 5.61. The Balaban J connectivity index is 1.33. The molecule has 1 fully saturated rings. The van der Waals surface area contributed by atoms with Gasteiger partial charge in [0.1, 0.15) is 0 Å². The number of aromatic amines is 1. The standard InChI is InChI=1S/C21H25N3O4/c25-19(24-21(27)22-14-5-1-2-6-14)12-28-20(26)13-9-10-18-16(11-13)15-7-3-4-8-17(15)23-18/h9-11,14,23H,1-8,12H2,(H2,22,24,25,27). The van der Waals surface area contributed by atoms with Crippen molar-refractivity contribution in [3.63, 3.8) is 0 Å². The van der Waals surface area contributed by atoms with Crippen molar-refractivity contribution in [1.82, 2.24) is 15.6 Å². The summed E-state index contributed by atoms with van der Waals surface area (Å²) >= 11 is 0.